The maximum absolute atomic E-state index is 13.8. The van der Waals surface area contributed by atoms with Crippen LogP contribution in [0.1, 0.15) is 5.56 Å². The quantitative estimate of drug-likeness (QED) is 0.841. The van der Waals surface area contributed by atoms with Crippen molar-refractivity contribution in [2.45, 2.75) is 12.3 Å². The Bertz CT molecular complexity index is 450. The van der Waals surface area contributed by atoms with Crippen molar-refractivity contribution in [2.24, 2.45) is 0 Å². The van der Waals surface area contributed by atoms with E-state index >= 15 is 0 Å². The average Bonchev–Trinajstić information content (AvgIpc) is 2.37. The molecule has 1 aromatic rings. The number of morpholine rings is 1. The Morgan fingerprint density at radius 1 is 1.37 bits per heavy atom. The van der Waals surface area contributed by atoms with E-state index in [0.717, 1.165) is 12.1 Å². The fourth-order valence-corrected chi connectivity index (χ4v) is 1.99. The molecular formula is C12H13F4NO2. The lowest BCUT2D eigenvalue weighted by molar-refractivity contribution is -0.137. The molecule has 3 nitrogen and oxygen atoms in total. The Morgan fingerprint density at radius 2 is 2.11 bits per heavy atom. The fourth-order valence-electron chi connectivity index (χ4n) is 1.99. The highest BCUT2D eigenvalue weighted by atomic mass is 19.4. The van der Waals surface area contributed by atoms with Crippen molar-refractivity contribution in [2.75, 3.05) is 31.2 Å². The minimum Gasteiger partial charge on any atom is -0.394 e. The topological polar surface area (TPSA) is 32.7 Å². The first-order valence-corrected chi connectivity index (χ1v) is 5.76. The molecule has 19 heavy (non-hydrogen) atoms. The van der Waals surface area contributed by atoms with Gasteiger partial charge < -0.3 is 14.7 Å². The maximum atomic E-state index is 13.8. The van der Waals surface area contributed by atoms with Crippen LogP contribution in [0.4, 0.5) is 23.2 Å². The summed E-state index contributed by atoms with van der Waals surface area (Å²) < 4.78 is 56.2. The summed E-state index contributed by atoms with van der Waals surface area (Å²) in [6.07, 6.45) is -5.01. The van der Waals surface area contributed by atoms with Crippen LogP contribution in [0.3, 0.4) is 0 Å². The Morgan fingerprint density at radius 3 is 2.68 bits per heavy atom. The van der Waals surface area contributed by atoms with E-state index < -0.39 is 23.7 Å². The summed E-state index contributed by atoms with van der Waals surface area (Å²) >= 11 is 0. The molecule has 1 atom stereocenters. The van der Waals surface area contributed by atoms with Gasteiger partial charge in [-0.05, 0) is 18.2 Å². The minimum absolute atomic E-state index is 0.0924. The molecule has 1 saturated heterocycles. The number of hydrogen-bond donors (Lipinski definition) is 1. The molecular weight excluding hydrogens is 266 g/mol. The molecule has 0 bridgehead atoms. The summed E-state index contributed by atoms with van der Waals surface area (Å²) in [5.74, 6) is -0.923. The number of ether oxygens (including phenoxy) is 1. The van der Waals surface area contributed by atoms with Gasteiger partial charge in [-0.3, -0.25) is 0 Å². The lowest BCUT2D eigenvalue weighted by Crippen LogP contribution is -2.44. The highest BCUT2D eigenvalue weighted by Gasteiger charge is 2.32. The van der Waals surface area contributed by atoms with Crippen LogP contribution in [-0.2, 0) is 10.9 Å². The van der Waals surface area contributed by atoms with Crippen molar-refractivity contribution in [1.82, 2.24) is 0 Å². The van der Waals surface area contributed by atoms with Gasteiger partial charge in [0, 0.05) is 13.1 Å². The molecule has 1 aliphatic heterocycles. The van der Waals surface area contributed by atoms with Crippen LogP contribution in [0.5, 0.6) is 0 Å². The number of rotatable bonds is 2. The van der Waals surface area contributed by atoms with E-state index in [1.165, 1.54) is 0 Å². The summed E-state index contributed by atoms with van der Waals surface area (Å²) in [4.78, 5) is 1.57. The third kappa shape index (κ3) is 3.16. The number of alkyl halides is 3. The van der Waals surface area contributed by atoms with Crippen LogP contribution < -0.4 is 4.90 Å². The predicted molar refractivity (Wildman–Crippen MR) is 60.4 cm³/mol. The summed E-state index contributed by atoms with van der Waals surface area (Å²) in [5, 5.41) is 8.98. The lowest BCUT2D eigenvalue weighted by Gasteiger charge is -2.34. The maximum Gasteiger partial charge on any atom is 0.416 e. The summed E-state index contributed by atoms with van der Waals surface area (Å²) in [6, 6.07) is 2.44. The first-order chi connectivity index (χ1) is 8.91. The van der Waals surface area contributed by atoms with E-state index in [-0.39, 0.29) is 18.8 Å². The van der Waals surface area contributed by atoms with Crippen molar-refractivity contribution in [3.8, 4) is 0 Å². The zero-order valence-electron chi connectivity index (χ0n) is 9.95. The SMILES string of the molecule is OCC1CN(c2ccc(C(F)(F)F)cc2F)CCO1. The molecule has 1 heterocycles. The third-order valence-corrected chi connectivity index (χ3v) is 2.96. The summed E-state index contributed by atoms with van der Waals surface area (Å²) in [7, 11) is 0. The van der Waals surface area contributed by atoms with Gasteiger partial charge in [0.1, 0.15) is 5.82 Å². The van der Waals surface area contributed by atoms with Gasteiger partial charge in [0.15, 0.2) is 0 Å². The molecule has 0 aliphatic carbocycles. The van der Waals surface area contributed by atoms with Gasteiger partial charge in [-0.25, -0.2) is 4.39 Å². The number of halogens is 4. The number of aliphatic hydroxyl groups excluding tert-OH is 1. The summed E-state index contributed by atoms with van der Waals surface area (Å²) in [6.45, 7) is 0.710. The molecule has 106 valence electrons. The zero-order valence-corrected chi connectivity index (χ0v) is 9.95. The normalized spacial score (nSPS) is 20.7. The molecule has 1 aliphatic rings. The van der Waals surface area contributed by atoms with Crippen LogP contribution in [0.15, 0.2) is 18.2 Å². The molecule has 0 saturated carbocycles. The molecule has 1 N–H and O–H groups in total. The van der Waals surface area contributed by atoms with Crippen LogP contribution in [0.2, 0.25) is 0 Å². The molecule has 0 radical (unpaired) electrons. The Labute approximate surface area is 107 Å². The Kier molecular flexibility index (Phi) is 3.96. The van der Waals surface area contributed by atoms with Crippen LogP contribution in [0.25, 0.3) is 0 Å². The van der Waals surface area contributed by atoms with Gasteiger partial charge in [-0.2, -0.15) is 13.2 Å². The van der Waals surface area contributed by atoms with Crippen molar-refractivity contribution in [1.29, 1.82) is 0 Å². The second-order valence-corrected chi connectivity index (χ2v) is 4.29. The van der Waals surface area contributed by atoms with Gasteiger partial charge in [-0.1, -0.05) is 0 Å². The summed E-state index contributed by atoms with van der Waals surface area (Å²) in [5.41, 5.74) is -0.921. The molecule has 0 spiro atoms. The highest BCUT2D eigenvalue weighted by Crippen LogP contribution is 2.32. The second-order valence-electron chi connectivity index (χ2n) is 4.29. The van der Waals surface area contributed by atoms with Crippen LogP contribution >= 0.6 is 0 Å². The average molecular weight is 279 g/mol. The molecule has 1 fully saturated rings. The van der Waals surface area contributed by atoms with Crippen molar-refractivity contribution in [3.63, 3.8) is 0 Å². The molecule has 2 rings (SSSR count). The zero-order chi connectivity index (χ0) is 14.0. The van der Waals surface area contributed by atoms with E-state index in [1.807, 2.05) is 0 Å². The molecule has 1 aromatic carbocycles. The standard InChI is InChI=1S/C12H13F4NO2/c13-10-5-8(12(14,15)16)1-2-11(10)17-3-4-19-9(6-17)7-18/h1-2,5,9,18H,3-4,6-7H2. The van der Waals surface area contributed by atoms with Gasteiger partial charge in [0.25, 0.3) is 0 Å². The molecule has 0 aromatic heterocycles. The lowest BCUT2D eigenvalue weighted by atomic mass is 10.1. The Balaban J connectivity index is 2.21. The Hall–Kier alpha value is -1.34. The number of aliphatic hydroxyl groups is 1. The fraction of sp³-hybridized carbons (Fsp3) is 0.500. The van der Waals surface area contributed by atoms with E-state index in [1.54, 1.807) is 4.90 Å². The predicted octanol–water partition coefficient (Wildman–Crippen LogP) is 2.04. The van der Waals surface area contributed by atoms with Crippen LogP contribution in [-0.4, -0.2) is 37.5 Å². The highest BCUT2D eigenvalue weighted by molar-refractivity contribution is 5.50. The van der Waals surface area contributed by atoms with Gasteiger partial charge in [0.05, 0.1) is 30.6 Å². The first kappa shape index (κ1) is 14.1. The molecule has 1 unspecified atom stereocenters. The van der Waals surface area contributed by atoms with E-state index in [2.05, 4.69) is 0 Å². The smallest absolute Gasteiger partial charge is 0.394 e. The number of nitrogens with zero attached hydrogens (tertiary/aromatic N) is 1. The van der Waals surface area contributed by atoms with Gasteiger partial charge in [0.2, 0.25) is 0 Å². The van der Waals surface area contributed by atoms with Gasteiger partial charge >= 0.3 is 6.18 Å². The van der Waals surface area contributed by atoms with Crippen LogP contribution in [0, 0.1) is 5.82 Å². The third-order valence-electron chi connectivity index (χ3n) is 2.96. The van der Waals surface area contributed by atoms with E-state index in [4.69, 9.17) is 9.84 Å². The minimum atomic E-state index is -4.56. The van der Waals surface area contributed by atoms with Crippen molar-refractivity contribution in [3.05, 3.63) is 29.6 Å². The number of anilines is 1. The number of hydrogen-bond acceptors (Lipinski definition) is 3. The number of benzene rings is 1. The van der Waals surface area contributed by atoms with E-state index in [9.17, 15) is 17.6 Å². The van der Waals surface area contributed by atoms with Crippen molar-refractivity contribution >= 4 is 5.69 Å². The molecule has 7 heteroatoms. The monoisotopic (exact) mass is 279 g/mol. The van der Waals surface area contributed by atoms with Gasteiger partial charge in [-0.15, -0.1) is 0 Å². The van der Waals surface area contributed by atoms with Crippen molar-refractivity contribution < 1.29 is 27.4 Å². The molecule has 0 amide bonds. The largest absolute Gasteiger partial charge is 0.416 e. The second kappa shape index (κ2) is 5.34. The van der Waals surface area contributed by atoms with E-state index in [0.29, 0.717) is 19.2 Å². The first-order valence-electron chi connectivity index (χ1n) is 5.76.